The predicted octanol–water partition coefficient (Wildman–Crippen LogP) is 5.79. The number of imidazole rings is 1. The van der Waals surface area contributed by atoms with Crippen molar-refractivity contribution in [2.24, 2.45) is 21.6 Å². The zero-order valence-corrected chi connectivity index (χ0v) is 26.2. The molecule has 5 N–H and O–H groups in total. The van der Waals surface area contributed by atoms with E-state index in [1.807, 2.05) is 41.0 Å². The highest BCUT2D eigenvalue weighted by molar-refractivity contribution is 6.33. The number of anilines is 3. The zero-order chi connectivity index (χ0) is 32.8. The molecule has 0 bridgehead atoms. The van der Waals surface area contributed by atoms with Crippen LogP contribution in [0.5, 0.6) is 0 Å². The quantitative estimate of drug-likeness (QED) is 0.187. The fourth-order valence-electron chi connectivity index (χ4n) is 5.99. The van der Waals surface area contributed by atoms with E-state index in [0.717, 1.165) is 24.6 Å². The van der Waals surface area contributed by atoms with Gasteiger partial charge in [-0.05, 0) is 76.4 Å². The van der Waals surface area contributed by atoms with Gasteiger partial charge in [-0.1, -0.05) is 29.8 Å². The number of para-hydroxylation sites is 1. The van der Waals surface area contributed by atoms with E-state index in [9.17, 15) is 14.9 Å². The molecule has 1 aliphatic carbocycles. The van der Waals surface area contributed by atoms with E-state index in [1.165, 1.54) is 6.07 Å². The van der Waals surface area contributed by atoms with Crippen molar-refractivity contribution in [1.82, 2.24) is 19.8 Å². The van der Waals surface area contributed by atoms with E-state index < -0.39 is 5.82 Å². The number of aromatic nitrogens is 2. The SMILES string of the molecule is C=N/C(=N\c1c(C)nc(Nc2c(F)cc(C#N)cc2Cl)n1[C@H]1CC[C@@H](C(N)=O)CC1)N[C@@H]1CCCN(C(=O)Nc2ccccc2)C1. The molecule has 1 aromatic heterocycles. The lowest BCUT2D eigenvalue weighted by Gasteiger charge is -2.33. The maximum atomic E-state index is 15.1. The maximum absolute atomic E-state index is 15.1. The van der Waals surface area contributed by atoms with Gasteiger partial charge in [-0.2, -0.15) is 10.3 Å². The van der Waals surface area contributed by atoms with E-state index in [-0.39, 0.29) is 52.2 Å². The number of carbonyl (C=O) groups excluding carboxylic acids is 2. The smallest absolute Gasteiger partial charge is 0.321 e. The summed E-state index contributed by atoms with van der Waals surface area (Å²) >= 11 is 6.36. The van der Waals surface area contributed by atoms with Crippen molar-refractivity contribution in [1.29, 1.82) is 5.26 Å². The minimum absolute atomic E-state index is 0.0236. The molecule has 1 saturated heterocycles. The van der Waals surface area contributed by atoms with Gasteiger partial charge in [0.1, 0.15) is 5.82 Å². The number of nitriles is 1. The Morgan fingerprint density at radius 3 is 2.57 bits per heavy atom. The van der Waals surface area contributed by atoms with Crippen LogP contribution in [0.15, 0.2) is 52.4 Å². The summed E-state index contributed by atoms with van der Waals surface area (Å²) in [5.41, 5.74) is 6.92. The molecule has 1 aliphatic heterocycles. The second-order valence-corrected chi connectivity index (χ2v) is 11.9. The summed E-state index contributed by atoms with van der Waals surface area (Å²) in [6.45, 7) is 6.56. The summed E-state index contributed by atoms with van der Waals surface area (Å²) in [6.07, 6.45) is 3.97. The number of aryl methyl sites for hydroxylation is 1. The van der Waals surface area contributed by atoms with Gasteiger partial charge in [-0.3, -0.25) is 9.36 Å². The molecule has 1 atom stereocenters. The first-order valence-electron chi connectivity index (χ1n) is 15.1. The molecule has 2 heterocycles. The number of guanidine groups is 1. The van der Waals surface area contributed by atoms with Gasteiger partial charge in [0.15, 0.2) is 5.82 Å². The molecule has 0 radical (unpaired) electrons. The van der Waals surface area contributed by atoms with Crippen molar-refractivity contribution in [2.75, 3.05) is 23.7 Å². The summed E-state index contributed by atoms with van der Waals surface area (Å²) in [4.78, 5) is 40.2. The molecule has 2 fully saturated rings. The van der Waals surface area contributed by atoms with Gasteiger partial charge >= 0.3 is 6.03 Å². The second kappa shape index (κ2) is 14.4. The topological polar surface area (TPSA) is 166 Å². The van der Waals surface area contributed by atoms with E-state index >= 15 is 4.39 Å². The molecule has 12 nitrogen and oxygen atoms in total. The fraction of sp³-hybridized carbons (Fsp3) is 0.375. The fourth-order valence-corrected chi connectivity index (χ4v) is 6.25. The number of nitrogens with one attached hydrogen (secondary N) is 3. The van der Waals surface area contributed by atoms with Crippen LogP contribution in [0.25, 0.3) is 0 Å². The first-order valence-corrected chi connectivity index (χ1v) is 15.5. The zero-order valence-electron chi connectivity index (χ0n) is 25.5. The van der Waals surface area contributed by atoms with Crippen LogP contribution in [0, 0.1) is 30.0 Å². The number of primary amides is 1. The number of hydrogen-bond acceptors (Lipinski definition) is 6. The molecule has 0 unspecified atom stereocenters. The van der Waals surface area contributed by atoms with Gasteiger partial charge in [0.05, 0.1) is 28.0 Å². The first kappa shape index (κ1) is 32.4. The summed E-state index contributed by atoms with van der Waals surface area (Å²) in [5, 5.41) is 18.5. The minimum Gasteiger partial charge on any atom is -0.369 e. The molecular formula is C32H36ClFN10O2. The van der Waals surface area contributed by atoms with E-state index in [4.69, 9.17) is 22.3 Å². The average Bonchev–Trinajstić information content (AvgIpc) is 3.36. The van der Waals surface area contributed by atoms with Crippen molar-refractivity contribution in [3.63, 3.8) is 0 Å². The number of likely N-dealkylation sites (tertiary alicyclic amines) is 1. The Bertz CT molecular complexity index is 1650. The second-order valence-electron chi connectivity index (χ2n) is 11.5. The molecule has 2 aromatic carbocycles. The van der Waals surface area contributed by atoms with Gasteiger partial charge < -0.3 is 26.6 Å². The molecule has 0 spiro atoms. The Balaban J connectivity index is 1.41. The molecular weight excluding hydrogens is 611 g/mol. The number of amides is 3. The van der Waals surface area contributed by atoms with Gasteiger partial charge in [-0.15, -0.1) is 0 Å². The van der Waals surface area contributed by atoms with Crippen LogP contribution in [0.1, 0.15) is 55.8 Å². The number of aliphatic imine (C=N–C) groups is 2. The Kier molecular flexibility index (Phi) is 10.2. The summed E-state index contributed by atoms with van der Waals surface area (Å²) in [7, 11) is 0. The summed E-state index contributed by atoms with van der Waals surface area (Å²) in [6, 6.07) is 13.2. The Labute approximate surface area is 271 Å². The van der Waals surface area contributed by atoms with Crippen LogP contribution < -0.4 is 21.7 Å². The van der Waals surface area contributed by atoms with Crippen LogP contribution in [0.2, 0.25) is 5.02 Å². The van der Waals surface area contributed by atoms with E-state index in [1.54, 1.807) is 11.8 Å². The third-order valence-electron chi connectivity index (χ3n) is 8.35. The lowest BCUT2D eigenvalue weighted by atomic mass is 9.85. The van der Waals surface area contributed by atoms with Gasteiger partial charge in [-0.25, -0.2) is 19.2 Å². The van der Waals surface area contributed by atoms with Crippen molar-refractivity contribution in [3.05, 3.63) is 64.6 Å². The van der Waals surface area contributed by atoms with Crippen LogP contribution in [0.4, 0.5) is 32.3 Å². The predicted molar refractivity (Wildman–Crippen MR) is 176 cm³/mol. The molecule has 14 heteroatoms. The first-order chi connectivity index (χ1) is 22.2. The standard InChI is InChI=1S/C32H36ClFN10O2/c1-19-29(42-30(37-2)39-23-9-6-14-43(18-23)32(46)40-22-7-4-3-5-8-22)44(24-12-10-21(11-13-24)28(36)45)31(38-19)41-27-25(33)15-20(17-35)16-26(27)34/h3-5,7-8,15-16,21,23-24H,2,6,9-14,18H2,1H3,(H2,36,45)(H,38,41)(H,39,42)(H,40,46)/t21-,23-,24+/m1/s1. The summed E-state index contributed by atoms with van der Waals surface area (Å²) < 4.78 is 16.9. The number of urea groups is 1. The van der Waals surface area contributed by atoms with Gasteiger partial charge in [0, 0.05) is 36.8 Å². The van der Waals surface area contributed by atoms with Crippen LogP contribution >= 0.6 is 11.6 Å². The number of benzene rings is 2. The summed E-state index contributed by atoms with van der Waals surface area (Å²) in [5.74, 6) is -0.236. The van der Waals surface area contributed by atoms with E-state index in [2.05, 4.69) is 32.6 Å². The highest BCUT2D eigenvalue weighted by atomic mass is 35.5. The van der Waals surface area contributed by atoms with Crippen LogP contribution in [-0.4, -0.2) is 58.2 Å². The van der Waals surface area contributed by atoms with Crippen molar-refractivity contribution >= 4 is 59.4 Å². The van der Waals surface area contributed by atoms with Crippen molar-refractivity contribution in [3.8, 4) is 6.07 Å². The molecule has 1 saturated carbocycles. The number of nitrogens with zero attached hydrogens (tertiary/aromatic N) is 6. The normalized spacial score (nSPS) is 20.0. The third kappa shape index (κ3) is 7.46. The van der Waals surface area contributed by atoms with Crippen molar-refractivity contribution in [2.45, 2.75) is 57.5 Å². The Morgan fingerprint density at radius 2 is 1.91 bits per heavy atom. The Hall–Kier alpha value is -4.96. The number of halogens is 2. The maximum Gasteiger partial charge on any atom is 0.321 e. The molecule has 5 rings (SSSR count). The van der Waals surface area contributed by atoms with Gasteiger partial charge in [0.2, 0.25) is 17.8 Å². The number of hydrogen-bond donors (Lipinski definition) is 4. The molecule has 2 aliphatic rings. The van der Waals surface area contributed by atoms with Crippen LogP contribution in [0.3, 0.4) is 0 Å². The van der Waals surface area contributed by atoms with Gasteiger partial charge in [0.25, 0.3) is 0 Å². The monoisotopic (exact) mass is 646 g/mol. The molecule has 46 heavy (non-hydrogen) atoms. The molecule has 3 aromatic rings. The third-order valence-corrected chi connectivity index (χ3v) is 8.65. The van der Waals surface area contributed by atoms with Crippen molar-refractivity contribution < 1.29 is 14.0 Å². The average molecular weight is 647 g/mol. The molecule has 240 valence electrons. The number of piperidine rings is 1. The number of rotatable bonds is 7. The van der Waals surface area contributed by atoms with E-state index in [0.29, 0.717) is 56.2 Å². The number of carbonyl (C=O) groups is 2. The highest BCUT2D eigenvalue weighted by Crippen LogP contribution is 2.40. The largest absolute Gasteiger partial charge is 0.369 e. The van der Waals surface area contributed by atoms with Crippen LogP contribution in [-0.2, 0) is 4.79 Å². The highest BCUT2D eigenvalue weighted by Gasteiger charge is 2.31. The lowest BCUT2D eigenvalue weighted by molar-refractivity contribution is -0.122. The number of nitrogens with two attached hydrogens (primary N) is 1. The Morgan fingerprint density at radius 1 is 1.17 bits per heavy atom. The lowest BCUT2D eigenvalue weighted by Crippen LogP contribution is -2.50. The molecule has 3 amide bonds. The minimum atomic E-state index is -0.702.